The molecular formula is C15H16N4O3S. The van der Waals surface area contributed by atoms with Crippen LogP contribution in [-0.4, -0.2) is 54.1 Å². The summed E-state index contributed by atoms with van der Waals surface area (Å²) in [6.07, 6.45) is 0. The van der Waals surface area contributed by atoms with Crippen LogP contribution in [0.25, 0.3) is 11.0 Å². The Morgan fingerprint density at radius 2 is 2.17 bits per heavy atom. The number of hydrogen-bond acceptors (Lipinski definition) is 5. The summed E-state index contributed by atoms with van der Waals surface area (Å²) in [7, 11) is 0. The Morgan fingerprint density at radius 3 is 2.87 bits per heavy atom. The predicted molar refractivity (Wildman–Crippen MR) is 87.2 cm³/mol. The van der Waals surface area contributed by atoms with Crippen molar-refractivity contribution in [1.82, 2.24) is 14.9 Å². The fraction of sp³-hybridized carbons (Fsp3) is 0.400. The van der Waals surface area contributed by atoms with Gasteiger partial charge in [-0.25, -0.2) is 9.78 Å². The van der Waals surface area contributed by atoms with Gasteiger partial charge in [-0.1, -0.05) is 12.1 Å². The first-order valence-electron chi connectivity index (χ1n) is 7.32. The van der Waals surface area contributed by atoms with Crippen molar-refractivity contribution in [2.45, 2.75) is 36.1 Å². The lowest BCUT2D eigenvalue weighted by Crippen LogP contribution is -2.68. The summed E-state index contributed by atoms with van der Waals surface area (Å²) >= 11 is 1.51. The number of benzene rings is 1. The maximum Gasteiger partial charge on any atom is 0.327 e. The number of para-hydroxylation sites is 2. The summed E-state index contributed by atoms with van der Waals surface area (Å²) in [4.78, 5) is 32.9. The molecule has 7 nitrogen and oxygen atoms in total. The Kier molecular flexibility index (Phi) is 2.90. The first-order valence-corrected chi connectivity index (χ1v) is 8.20. The van der Waals surface area contributed by atoms with Gasteiger partial charge in [0.05, 0.1) is 11.0 Å². The molecule has 4 rings (SSSR count). The number of carbonyl (C=O) groups excluding carboxylic acids is 1. The van der Waals surface area contributed by atoms with Crippen molar-refractivity contribution in [3.63, 3.8) is 0 Å². The Morgan fingerprint density at radius 1 is 1.43 bits per heavy atom. The molecule has 2 aliphatic rings. The first-order chi connectivity index (χ1) is 10.9. The lowest BCUT2D eigenvalue weighted by atomic mass is 9.96. The summed E-state index contributed by atoms with van der Waals surface area (Å²) in [5.74, 6) is -0.622. The van der Waals surface area contributed by atoms with Crippen molar-refractivity contribution >= 4 is 40.6 Å². The van der Waals surface area contributed by atoms with Gasteiger partial charge in [0, 0.05) is 4.75 Å². The average Bonchev–Trinajstić information content (AvgIpc) is 3.00. The number of β-lactam (4-membered cyclic amide) rings is 1. The third kappa shape index (κ3) is 2.01. The number of H-pyrrole nitrogens is 1. The number of fused-ring (bicyclic) bond motifs is 2. The molecule has 0 bridgehead atoms. The predicted octanol–water partition coefficient (Wildman–Crippen LogP) is 1.49. The summed E-state index contributed by atoms with van der Waals surface area (Å²) in [6, 6.07) is 6.36. The highest BCUT2D eigenvalue weighted by atomic mass is 32.2. The summed E-state index contributed by atoms with van der Waals surface area (Å²) in [5, 5.41) is 12.3. The largest absolute Gasteiger partial charge is 0.480 e. The minimum absolute atomic E-state index is 0.188. The van der Waals surface area contributed by atoms with E-state index in [2.05, 4.69) is 15.3 Å². The highest BCUT2D eigenvalue weighted by Gasteiger charge is 2.64. The minimum Gasteiger partial charge on any atom is -0.480 e. The van der Waals surface area contributed by atoms with Gasteiger partial charge in [-0.05, 0) is 26.0 Å². The Bertz CT molecular complexity index is 785. The van der Waals surface area contributed by atoms with Gasteiger partial charge in [-0.2, -0.15) is 0 Å². The van der Waals surface area contributed by atoms with Gasteiger partial charge in [-0.3, -0.25) is 4.79 Å². The van der Waals surface area contributed by atoms with Crippen LogP contribution in [0.4, 0.5) is 5.95 Å². The van der Waals surface area contributed by atoms with Gasteiger partial charge in [0.2, 0.25) is 11.9 Å². The van der Waals surface area contributed by atoms with Crippen LogP contribution >= 0.6 is 11.8 Å². The second kappa shape index (κ2) is 4.64. The van der Waals surface area contributed by atoms with E-state index in [9.17, 15) is 14.7 Å². The normalized spacial score (nSPS) is 28.5. The monoisotopic (exact) mass is 332 g/mol. The van der Waals surface area contributed by atoms with E-state index in [-0.39, 0.29) is 11.3 Å². The van der Waals surface area contributed by atoms with E-state index in [1.54, 1.807) is 0 Å². The molecule has 0 radical (unpaired) electrons. The number of thioether (sulfide) groups is 1. The van der Waals surface area contributed by atoms with Crippen LogP contribution in [0.15, 0.2) is 24.3 Å². The van der Waals surface area contributed by atoms with Crippen molar-refractivity contribution in [1.29, 1.82) is 0 Å². The molecule has 1 aromatic carbocycles. The smallest absolute Gasteiger partial charge is 0.327 e. The van der Waals surface area contributed by atoms with Gasteiger partial charge >= 0.3 is 5.97 Å². The lowest BCUT2D eigenvalue weighted by molar-refractivity contribution is -0.158. The number of nitrogens with zero attached hydrogens (tertiary/aromatic N) is 2. The lowest BCUT2D eigenvalue weighted by Gasteiger charge is -2.43. The fourth-order valence-corrected chi connectivity index (χ4v) is 4.94. The molecule has 2 aromatic rings. The number of amides is 1. The number of carbonyl (C=O) groups is 2. The molecule has 3 N–H and O–H groups in total. The standard InChI is InChI=1S/C15H16N4O3S/c1-15(2)10(13(21)22)19-11(20)9(12(19)23-15)18-14-16-7-5-3-4-6-8(7)17-14/h3-6,9-10,12H,1-2H3,(H,21,22)(H2,16,17,18). The van der Waals surface area contributed by atoms with Crippen LogP contribution in [-0.2, 0) is 9.59 Å². The van der Waals surface area contributed by atoms with E-state index in [1.165, 1.54) is 16.7 Å². The number of aromatic nitrogens is 2. The molecule has 0 saturated carbocycles. The number of carboxylic acids is 1. The van der Waals surface area contributed by atoms with Crippen LogP contribution in [0.5, 0.6) is 0 Å². The number of rotatable bonds is 3. The molecule has 3 atom stereocenters. The van der Waals surface area contributed by atoms with Crippen LogP contribution in [0.2, 0.25) is 0 Å². The van der Waals surface area contributed by atoms with Gasteiger partial charge in [0.15, 0.2) is 0 Å². The number of aliphatic carboxylic acids is 1. The van der Waals surface area contributed by atoms with Crippen molar-refractivity contribution in [3.05, 3.63) is 24.3 Å². The van der Waals surface area contributed by atoms with Gasteiger partial charge in [-0.15, -0.1) is 11.8 Å². The molecule has 23 heavy (non-hydrogen) atoms. The fourth-order valence-electron chi connectivity index (χ4n) is 3.31. The maximum absolute atomic E-state index is 12.4. The van der Waals surface area contributed by atoms with Crippen molar-refractivity contribution in [2.24, 2.45) is 0 Å². The highest BCUT2D eigenvalue weighted by Crippen LogP contribution is 2.51. The molecule has 2 saturated heterocycles. The molecule has 2 fully saturated rings. The van der Waals surface area contributed by atoms with E-state index in [0.717, 1.165) is 11.0 Å². The second-order valence-corrected chi connectivity index (χ2v) is 8.09. The maximum atomic E-state index is 12.4. The van der Waals surface area contributed by atoms with Gasteiger partial charge < -0.3 is 20.3 Å². The number of aromatic amines is 1. The number of carboxylic acid groups (broad SMARTS) is 1. The zero-order valence-electron chi connectivity index (χ0n) is 12.6. The molecule has 2 aliphatic heterocycles. The molecule has 8 heteroatoms. The van der Waals surface area contributed by atoms with E-state index in [0.29, 0.717) is 5.95 Å². The van der Waals surface area contributed by atoms with Crippen LogP contribution in [0.3, 0.4) is 0 Å². The molecule has 0 aliphatic carbocycles. The topological polar surface area (TPSA) is 98.3 Å². The minimum atomic E-state index is -0.958. The molecule has 1 aromatic heterocycles. The Hall–Kier alpha value is -2.22. The van der Waals surface area contributed by atoms with Crippen molar-refractivity contribution < 1.29 is 14.7 Å². The van der Waals surface area contributed by atoms with Crippen molar-refractivity contribution in [2.75, 3.05) is 5.32 Å². The summed E-state index contributed by atoms with van der Waals surface area (Å²) in [5.41, 5.74) is 1.71. The van der Waals surface area contributed by atoms with E-state index < -0.39 is 22.8 Å². The number of hydrogen-bond donors (Lipinski definition) is 3. The van der Waals surface area contributed by atoms with Crippen molar-refractivity contribution in [3.8, 4) is 0 Å². The average molecular weight is 332 g/mol. The third-order valence-electron chi connectivity index (χ3n) is 4.36. The van der Waals surface area contributed by atoms with Crippen LogP contribution in [0, 0.1) is 0 Å². The third-order valence-corrected chi connectivity index (χ3v) is 5.93. The van der Waals surface area contributed by atoms with Gasteiger partial charge in [0.1, 0.15) is 17.5 Å². The van der Waals surface area contributed by atoms with E-state index in [4.69, 9.17) is 0 Å². The quantitative estimate of drug-likeness (QED) is 0.737. The van der Waals surface area contributed by atoms with Crippen LogP contribution in [0.1, 0.15) is 13.8 Å². The molecule has 3 heterocycles. The number of anilines is 1. The summed E-state index contributed by atoms with van der Waals surface area (Å²) in [6.45, 7) is 3.72. The number of nitrogens with one attached hydrogen (secondary N) is 2. The van der Waals surface area contributed by atoms with E-state index in [1.807, 2.05) is 38.1 Å². The molecule has 0 spiro atoms. The first kappa shape index (κ1) is 14.4. The number of imidazole rings is 1. The molecule has 3 unspecified atom stereocenters. The van der Waals surface area contributed by atoms with E-state index >= 15 is 0 Å². The molecule has 120 valence electrons. The Balaban J connectivity index is 1.58. The Labute approximate surface area is 136 Å². The highest BCUT2D eigenvalue weighted by molar-refractivity contribution is 8.01. The zero-order valence-corrected chi connectivity index (χ0v) is 13.4. The molecular weight excluding hydrogens is 316 g/mol. The molecule has 1 amide bonds. The second-order valence-electron chi connectivity index (χ2n) is 6.32. The van der Waals surface area contributed by atoms with Crippen LogP contribution < -0.4 is 5.32 Å². The van der Waals surface area contributed by atoms with Gasteiger partial charge in [0.25, 0.3) is 0 Å². The summed E-state index contributed by atoms with van der Waals surface area (Å²) < 4.78 is -0.517. The SMILES string of the molecule is CC1(C)SC2C(Nc3nc4ccccc4[nH]3)C(=O)N2C1C(=O)O. The zero-order chi connectivity index (χ0) is 16.4.